The number of benzene rings is 1. The van der Waals surface area contributed by atoms with Gasteiger partial charge < -0.3 is 10.6 Å². The molecule has 1 aliphatic rings. The van der Waals surface area contributed by atoms with E-state index < -0.39 is 10.8 Å². The van der Waals surface area contributed by atoms with Crippen LogP contribution in [0.2, 0.25) is 0 Å². The molecule has 0 aliphatic carbocycles. The molecule has 0 radical (unpaired) electrons. The van der Waals surface area contributed by atoms with Gasteiger partial charge in [-0.1, -0.05) is 6.42 Å². The summed E-state index contributed by atoms with van der Waals surface area (Å²) in [4.78, 5) is 24.8. The van der Waals surface area contributed by atoms with Crippen LogP contribution in [0.15, 0.2) is 24.3 Å². The van der Waals surface area contributed by atoms with Crippen LogP contribution in [0.4, 0.5) is 5.69 Å². The van der Waals surface area contributed by atoms with E-state index in [0.29, 0.717) is 12.1 Å². The van der Waals surface area contributed by atoms with Gasteiger partial charge in [0.25, 0.3) is 11.6 Å². The van der Waals surface area contributed by atoms with E-state index in [-0.39, 0.29) is 10.8 Å². The van der Waals surface area contributed by atoms with Crippen LogP contribution < -0.4 is 11.2 Å². The smallest absolute Gasteiger partial charge is 0.269 e. The summed E-state index contributed by atoms with van der Waals surface area (Å²) in [6.45, 7) is 3.68. The zero-order valence-electron chi connectivity index (χ0n) is 14.0. The van der Waals surface area contributed by atoms with Gasteiger partial charge in [0, 0.05) is 24.2 Å². The SMILES string of the molecule is NC(=S)N(CCCN1CCCCC1)NC(=O)c1ccc([N+](=O)[O-])cc1. The van der Waals surface area contributed by atoms with E-state index >= 15 is 0 Å². The molecule has 1 aromatic rings. The highest BCUT2D eigenvalue weighted by molar-refractivity contribution is 7.80. The molecule has 1 aromatic carbocycles. The molecule has 0 spiro atoms. The lowest BCUT2D eigenvalue weighted by molar-refractivity contribution is -0.384. The number of nitrogens with zero attached hydrogens (tertiary/aromatic N) is 3. The van der Waals surface area contributed by atoms with Crippen molar-refractivity contribution >= 4 is 28.9 Å². The van der Waals surface area contributed by atoms with Gasteiger partial charge in [-0.25, -0.2) is 0 Å². The van der Waals surface area contributed by atoms with Crippen molar-refractivity contribution in [3.05, 3.63) is 39.9 Å². The number of nitro benzene ring substituents is 1. The fourth-order valence-corrected chi connectivity index (χ4v) is 2.92. The van der Waals surface area contributed by atoms with Crippen LogP contribution >= 0.6 is 12.2 Å². The largest absolute Gasteiger partial charge is 0.375 e. The van der Waals surface area contributed by atoms with Crippen molar-refractivity contribution in [2.24, 2.45) is 5.73 Å². The Bertz CT molecular complexity index is 617. The number of amides is 1. The van der Waals surface area contributed by atoms with E-state index in [1.165, 1.54) is 48.5 Å². The third-order valence-electron chi connectivity index (χ3n) is 4.15. The first kappa shape index (κ1) is 19.1. The number of piperidine rings is 1. The molecule has 0 atom stereocenters. The average molecular weight is 365 g/mol. The van der Waals surface area contributed by atoms with Crippen LogP contribution in [-0.2, 0) is 0 Å². The molecule has 1 aliphatic heterocycles. The summed E-state index contributed by atoms with van der Waals surface area (Å²) in [5.74, 6) is -0.402. The maximum absolute atomic E-state index is 12.3. The van der Waals surface area contributed by atoms with E-state index in [2.05, 4.69) is 10.3 Å². The number of likely N-dealkylation sites (tertiary alicyclic amines) is 1. The van der Waals surface area contributed by atoms with Gasteiger partial charge in [0.05, 0.1) is 4.92 Å². The number of thiocarbonyl (C=S) groups is 1. The summed E-state index contributed by atoms with van der Waals surface area (Å²) < 4.78 is 0. The lowest BCUT2D eigenvalue weighted by Crippen LogP contribution is -2.49. The first-order valence-electron chi connectivity index (χ1n) is 8.32. The average Bonchev–Trinajstić information content (AvgIpc) is 2.61. The predicted octanol–water partition coefficient (Wildman–Crippen LogP) is 1.66. The monoisotopic (exact) mass is 365 g/mol. The normalized spacial score (nSPS) is 14.7. The second-order valence-electron chi connectivity index (χ2n) is 5.99. The number of carbonyl (C=O) groups excluding carboxylic acids is 1. The minimum Gasteiger partial charge on any atom is -0.375 e. The van der Waals surface area contributed by atoms with Crippen LogP contribution in [0.5, 0.6) is 0 Å². The standard InChI is InChI=1S/C16H23N5O3S/c17-16(25)20(12-4-11-19-9-2-1-3-10-19)18-15(22)13-5-7-14(8-6-13)21(23)24/h5-8H,1-4,9-12H2,(H2,17,25)(H,18,22). The highest BCUT2D eigenvalue weighted by Gasteiger charge is 2.15. The molecule has 0 saturated carbocycles. The van der Waals surface area contributed by atoms with E-state index in [9.17, 15) is 14.9 Å². The van der Waals surface area contributed by atoms with Gasteiger partial charge in [-0.05, 0) is 63.2 Å². The lowest BCUT2D eigenvalue weighted by Gasteiger charge is -2.28. The lowest BCUT2D eigenvalue weighted by atomic mass is 10.1. The summed E-state index contributed by atoms with van der Waals surface area (Å²) in [6.07, 6.45) is 4.59. The van der Waals surface area contributed by atoms with Gasteiger partial charge in [0.2, 0.25) is 0 Å². The fourth-order valence-electron chi connectivity index (χ4n) is 2.78. The Morgan fingerprint density at radius 1 is 1.28 bits per heavy atom. The maximum Gasteiger partial charge on any atom is 0.269 e. The summed E-state index contributed by atoms with van der Waals surface area (Å²) in [6, 6.07) is 5.38. The molecule has 1 saturated heterocycles. The zero-order chi connectivity index (χ0) is 18.2. The molecule has 25 heavy (non-hydrogen) atoms. The number of nitro groups is 1. The maximum atomic E-state index is 12.3. The number of hydrogen-bond donors (Lipinski definition) is 2. The molecule has 1 fully saturated rings. The van der Waals surface area contributed by atoms with Gasteiger partial charge in [0.15, 0.2) is 5.11 Å². The summed E-state index contributed by atoms with van der Waals surface area (Å²) in [5, 5.41) is 12.2. The number of non-ortho nitro benzene ring substituents is 1. The molecular formula is C16H23N5O3S. The molecule has 0 bridgehead atoms. The van der Waals surface area contributed by atoms with E-state index in [4.69, 9.17) is 18.0 Å². The van der Waals surface area contributed by atoms with Crippen molar-refractivity contribution in [3.63, 3.8) is 0 Å². The Hall–Kier alpha value is -2.26. The van der Waals surface area contributed by atoms with Crippen LogP contribution in [0.25, 0.3) is 0 Å². The summed E-state index contributed by atoms with van der Waals surface area (Å²) in [7, 11) is 0. The minimum atomic E-state index is -0.510. The molecule has 0 aromatic heterocycles. The van der Waals surface area contributed by atoms with Crippen molar-refractivity contribution < 1.29 is 9.72 Å². The second-order valence-corrected chi connectivity index (χ2v) is 6.41. The molecule has 1 amide bonds. The van der Waals surface area contributed by atoms with E-state index in [1.807, 2.05) is 0 Å². The minimum absolute atomic E-state index is 0.0655. The van der Waals surface area contributed by atoms with Crippen LogP contribution in [0, 0.1) is 10.1 Å². The van der Waals surface area contributed by atoms with Gasteiger partial charge in [-0.2, -0.15) is 0 Å². The fraction of sp³-hybridized carbons (Fsp3) is 0.500. The molecule has 2 rings (SSSR count). The Kier molecular flexibility index (Phi) is 7.08. The van der Waals surface area contributed by atoms with Crippen LogP contribution in [0.3, 0.4) is 0 Å². The van der Waals surface area contributed by atoms with E-state index in [1.54, 1.807) is 0 Å². The van der Waals surface area contributed by atoms with Crippen molar-refractivity contribution in [1.82, 2.24) is 15.3 Å². The van der Waals surface area contributed by atoms with Crippen molar-refractivity contribution in [3.8, 4) is 0 Å². The number of nitrogens with two attached hydrogens (primary N) is 1. The van der Waals surface area contributed by atoms with E-state index in [0.717, 1.165) is 26.1 Å². The topological polar surface area (TPSA) is 105 Å². The molecule has 0 unspecified atom stereocenters. The Morgan fingerprint density at radius 2 is 1.92 bits per heavy atom. The van der Waals surface area contributed by atoms with Crippen LogP contribution in [-0.4, -0.2) is 52.0 Å². The van der Waals surface area contributed by atoms with Crippen molar-refractivity contribution in [2.45, 2.75) is 25.7 Å². The van der Waals surface area contributed by atoms with Gasteiger partial charge >= 0.3 is 0 Å². The number of rotatable bonds is 6. The predicted molar refractivity (Wildman–Crippen MR) is 99.0 cm³/mol. The quantitative estimate of drug-likeness (QED) is 0.449. The highest BCUT2D eigenvalue weighted by atomic mass is 32.1. The third-order valence-corrected chi connectivity index (χ3v) is 4.37. The molecule has 9 heteroatoms. The molecule has 136 valence electrons. The van der Waals surface area contributed by atoms with Gasteiger partial charge in [-0.3, -0.25) is 25.3 Å². The molecule has 3 N–H and O–H groups in total. The number of hydrogen-bond acceptors (Lipinski definition) is 5. The number of carbonyl (C=O) groups is 1. The van der Waals surface area contributed by atoms with Gasteiger partial charge in [0.1, 0.15) is 0 Å². The van der Waals surface area contributed by atoms with Crippen molar-refractivity contribution in [1.29, 1.82) is 0 Å². The second kappa shape index (κ2) is 9.28. The summed E-state index contributed by atoms with van der Waals surface area (Å²) in [5.41, 5.74) is 8.59. The Morgan fingerprint density at radius 3 is 2.48 bits per heavy atom. The van der Waals surface area contributed by atoms with Crippen LogP contribution in [0.1, 0.15) is 36.0 Å². The third kappa shape index (κ3) is 5.95. The molecular weight excluding hydrogens is 342 g/mol. The van der Waals surface area contributed by atoms with Gasteiger partial charge in [-0.15, -0.1) is 0 Å². The highest BCUT2D eigenvalue weighted by Crippen LogP contribution is 2.12. The Labute approximate surface area is 152 Å². The Balaban J connectivity index is 1.85. The zero-order valence-corrected chi connectivity index (χ0v) is 14.8. The molecule has 1 heterocycles. The van der Waals surface area contributed by atoms with Crippen molar-refractivity contribution in [2.75, 3.05) is 26.2 Å². The molecule has 8 nitrogen and oxygen atoms in total. The number of hydrazine groups is 1. The first-order chi connectivity index (χ1) is 12.0. The summed E-state index contributed by atoms with van der Waals surface area (Å²) >= 11 is 5.00. The first-order valence-corrected chi connectivity index (χ1v) is 8.73. The number of nitrogens with one attached hydrogen (secondary N) is 1.